The Labute approximate surface area is 265 Å². The molecule has 0 amide bonds. The smallest absolute Gasteiger partial charge is 0.333 e. The number of aromatic nitrogens is 3. The summed E-state index contributed by atoms with van der Waals surface area (Å²) in [4.78, 5) is 46.7. The summed E-state index contributed by atoms with van der Waals surface area (Å²) in [7, 11) is 1.59. The number of methoxy groups -OCH3 is 1. The topological polar surface area (TPSA) is 158 Å². The fourth-order valence-corrected chi connectivity index (χ4v) is 8.76. The van der Waals surface area contributed by atoms with Gasteiger partial charge in [0.1, 0.15) is 28.5 Å². The Morgan fingerprint density at radius 3 is 2.44 bits per heavy atom. The number of aryl methyl sites for hydroxylation is 1. The van der Waals surface area contributed by atoms with Crippen LogP contribution in [0, 0.1) is 12.8 Å². The van der Waals surface area contributed by atoms with Gasteiger partial charge in [0.25, 0.3) is 5.56 Å². The molecule has 11 nitrogen and oxygen atoms in total. The highest BCUT2D eigenvalue weighted by Crippen LogP contribution is 2.51. The summed E-state index contributed by atoms with van der Waals surface area (Å²) in [5.41, 5.74) is 11.5. The van der Waals surface area contributed by atoms with Crippen LogP contribution in [-0.4, -0.2) is 44.2 Å². The van der Waals surface area contributed by atoms with Crippen LogP contribution in [0.25, 0.3) is 21.0 Å². The van der Waals surface area contributed by atoms with Crippen molar-refractivity contribution >= 4 is 27.3 Å². The van der Waals surface area contributed by atoms with Crippen molar-refractivity contribution in [1.82, 2.24) is 14.1 Å². The lowest BCUT2D eigenvalue weighted by atomic mass is 9.85. The molecule has 4 aromatic rings. The van der Waals surface area contributed by atoms with Gasteiger partial charge in [-0.25, -0.2) is 14.3 Å². The van der Waals surface area contributed by atoms with E-state index in [1.165, 1.54) is 35.3 Å². The number of ether oxygens (including phenoxy) is 2. The second-order valence-corrected chi connectivity index (χ2v) is 14.4. The van der Waals surface area contributed by atoms with E-state index in [-0.39, 0.29) is 18.4 Å². The molecule has 3 heterocycles. The number of benzene rings is 1. The van der Waals surface area contributed by atoms with Gasteiger partial charge in [0.15, 0.2) is 5.78 Å². The highest BCUT2D eigenvalue weighted by molar-refractivity contribution is 7.22. The number of carbonyl (C=O) groups excluding carboxylic acids is 1. The van der Waals surface area contributed by atoms with Gasteiger partial charge in [-0.1, -0.05) is 25.1 Å². The molecule has 240 valence electrons. The maximum absolute atomic E-state index is 14.4. The molecule has 0 radical (unpaired) electrons. The van der Waals surface area contributed by atoms with E-state index in [4.69, 9.17) is 25.4 Å². The molecule has 0 spiro atoms. The predicted octanol–water partition coefficient (Wildman–Crippen LogP) is 4.27. The zero-order valence-corrected chi connectivity index (χ0v) is 27.4. The van der Waals surface area contributed by atoms with Gasteiger partial charge in [0.05, 0.1) is 36.2 Å². The van der Waals surface area contributed by atoms with Crippen LogP contribution >= 0.6 is 11.3 Å². The number of fused-ring (bicyclic) bond motifs is 2. The number of hydrogen-bond acceptors (Lipinski definition) is 10. The van der Waals surface area contributed by atoms with Crippen molar-refractivity contribution in [3.63, 3.8) is 0 Å². The summed E-state index contributed by atoms with van der Waals surface area (Å²) in [6.07, 6.45) is 4.88. The summed E-state index contributed by atoms with van der Waals surface area (Å²) in [5.74, 6) is 1.06. The molecule has 0 bridgehead atoms. The van der Waals surface area contributed by atoms with E-state index in [1.807, 2.05) is 24.3 Å². The van der Waals surface area contributed by atoms with E-state index in [0.29, 0.717) is 51.1 Å². The van der Waals surface area contributed by atoms with Crippen molar-refractivity contribution in [3.05, 3.63) is 68.7 Å². The van der Waals surface area contributed by atoms with E-state index in [0.717, 1.165) is 23.0 Å². The average Bonchev–Trinajstić information content (AvgIpc) is 3.70. The van der Waals surface area contributed by atoms with Crippen molar-refractivity contribution in [2.75, 3.05) is 7.11 Å². The summed E-state index contributed by atoms with van der Waals surface area (Å²) >= 11 is 1.25. The number of oxazole rings is 1. The third-order valence-electron chi connectivity index (χ3n) is 10.1. The van der Waals surface area contributed by atoms with Crippen molar-refractivity contribution in [1.29, 1.82) is 0 Å². The Bertz CT molecular complexity index is 1870. The molecule has 5 atom stereocenters. The van der Waals surface area contributed by atoms with E-state index in [1.54, 1.807) is 27.9 Å². The van der Waals surface area contributed by atoms with Crippen molar-refractivity contribution in [2.45, 2.75) is 95.7 Å². The molecule has 0 aliphatic heterocycles. The Morgan fingerprint density at radius 2 is 1.84 bits per heavy atom. The van der Waals surface area contributed by atoms with Crippen molar-refractivity contribution in [2.24, 2.45) is 17.4 Å². The standard InChI is InChI=1S/C33H41N5O6S/c1-18-13-32(34)15-21(16-33(32,35)14-18)44-24(22-9-7-8-10-23(22)42-6)17-37-29-25(19(2)26(45-29)27-36-11-12-43-27)28(40)38(30(37)41)31(4,5)20(3)39/h7-12,18,21,24H,13-17,34-35H2,1-6H3/t18?,21?,24-,32-,33+/m1/s1. The molecule has 12 heteroatoms. The highest BCUT2D eigenvalue weighted by atomic mass is 32.1. The number of thiophene rings is 1. The molecule has 6 rings (SSSR count). The van der Waals surface area contributed by atoms with Gasteiger partial charge in [-0.3, -0.25) is 14.2 Å². The normalized spacial score (nSPS) is 25.5. The third-order valence-corrected chi connectivity index (χ3v) is 11.4. The van der Waals surface area contributed by atoms with Crippen LogP contribution in [-0.2, 0) is 21.6 Å². The zero-order chi connectivity index (χ0) is 32.5. The quantitative estimate of drug-likeness (QED) is 0.274. The van der Waals surface area contributed by atoms with Crippen LogP contribution in [0.5, 0.6) is 5.75 Å². The van der Waals surface area contributed by atoms with Gasteiger partial charge in [-0.15, -0.1) is 11.3 Å². The van der Waals surface area contributed by atoms with Crippen molar-refractivity contribution in [3.8, 4) is 16.5 Å². The fourth-order valence-electron chi connectivity index (χ4n) is 7.52. The van der Waals surface area contributed by atoms with Crippen LogP contribution in [0.2, 0.25) is 0 Å². The van der Waals surface area contributed by atoms with Crippen molar-refractivity contribution < 1.29 is 18.7 Å². The van der Waals surface area contributed by atoms with Gasteiger partial charge < -0.3 is 25.4 Å². The molecular weight excluding hydrogens is 594 g/mol. The van der Waals surface area contributed by atoms with Crippen LogP contribution in [0.1, 0.15) is 70.6 Å². The molecule has 1 aromatic carbocycles. The minimum absolute atomic E-state index is 0.0387. The zero-order valence-electron chi connectivity index (χ0n) is 26.6. The lowest BCUT2D eigenvalue weighted by molar-refractivity contribution is -0.124. The maximum atomic E-state index is 14.4. The van der Waals surface area contributed by atoms with Gasteiger partial charge in [-0.05, 0) is 70.9 Å². The van der Waals surface area contributed by atoms with Gasteiger partial charge in [0, 0.05) is 16.6 Å². The van der Waals surface area contributed by atoms with E-state index >= 15 is 0 Å². The molecular formula is C33H41N5O6S. The Morgan fingerprint density at radius 1 is 1.18 bits per heavy atom. The molecule has 4 N–H and O–H groups in total. The number of para-hydroxylation sites is 1. The SMILES string of the molecule is COc1ccccc1[C@@H](Cn1c(=O)n(C(C)(C)C(C)=O)c(=O)c2c(C)c(-c3ncco3)sc21)OC1C[C@]2(N)CC(C)C[C@]2(N)C1. The van der Waals surface area contributed by atoms with Crippen LogP contribution in [0.3, 0.4) is 0 Å². The fraction of sp³-hybridized carbons (Fsp3) is 0.515. The molecule has 2 fully saturated rings. The number of rotatable bonds is 9. The maximum Gasteiger partial charge on any atom is 0.333 e. The molecule has 2 aliphatic carbocycles. The lowest BCUT2D eigenvalue weighted by Crippen LogP contribution is -2.58. The average molecular weight is 636 g/mol. The monoisotopic (exact) mass is 635 g/mol. The Balaban J connectivity index is 1.53. The van der Waals surface area contributed by atoms with E-state index in [2.05, 4.69) is 11.9 Å². The summed E-state index contributed by atoms with van der Waals surface area (Å²) in [6, 6.07) is 7.52. The largest absolute Gasteiger partial charge is 0.496 e. The molecule has 2 unspecified atom stereocenters. The van der Waals surface area contributed by atoms with Gasteiger partial charge in [0.2, 0.25) is 5.89 Å². The number of hydrogen-bond donors (Lipinski definition) is 2. The lowest BCUT2D eigenvalue weighted by Gasteiger charge is -2.33. The van der Waals surface area contributed by atoms with E-state index in [9.17, 15) is 14.4 Å². The first kappa shape index (κ1) is 31.4. The number of Topliss-reactive ketones (excluding diaryl/α,β-unsaturated/α-hetero) is 1. The minimum Gasteiger partial charge on any atom is -0.496 e. The molecule has 45 heavy (non-hydrogen) atoms. The molecule has 2 aliphatic rings. The molecule has 2 saturated carbocycles. The second-order valence-electron chi connectivity index (χ2n) is 13.4. The van der Waals surface area contributed by atoms with Crippen LogP contribution in [0.15, 0.2) is 50.7 Å². The number of nitrogens with two attached hydrogens (primary N) is 2. The summed E-state index contributed by atoms with van der Waals surface area (Å²) in [5, 5.41) is 0.326. The van der Waals surface area contributed by atoms with E-state index < -0.39 is 34.0 Å². The van der Waals surface area contributed by atoms with Crippen LogP contribution in [0.4, 0.5) is 0 Å². The predicted molar refractivity (Wildman–Crippen MR) is 173 cm³/mol. The second kappa shape index (κ2) is 11.0. The summed E-state index contributed by atoms with van der Waals surface area (Å²) < 4.78 is 20.8. The first-order valence-electron chi connectivity index (χ1n) is 15.3. The molecule has 3 aromatic heterocycles. The molecule has 0 saturated heterocycles. The Hall–Kier alpha value is -3.58. The third kappa shape index (κ3) is 4.98. The minimum atomic E-state index is -1.40. The number of carbonyl (C=O) groups is 1. The number of nitrogens with zero attached hydrogens (tertiary/aromatic N) is 3. The van der Waals surface area contributed by atoms with Gasteiger partial charge >= 0.3 is 5.69 Å². The van der Waals surface area contributed by atoms with Gasteiger partial charge in [-0.2, -0.15) is 0 Å². The van der Waals surface area contributed by atoms with Crippen LogP contribution < -0.4 is 27.5 Å². The summed E-state index contributed by atoms with van der Waals surface area (Å²) in [6.45, 7) is 8.56. The first-order valence-corrected chi connectivity index (χ1v) is 16.1. The first-order chi connectivity index (χ1) is 21.2. The number of ketones is 1. The highest BCUT2D eigenvalue weighted by Gasteiger charge is 2.59. The Kier molecular flexibility index (Phi) is 7.71.